The van der Waals surface area contributed by atoms with Crippen molar-refractivity contribution in [2.24, 2.45) is 0 Å². The summed E-state index contributed by atoms with van der Waals surface area (Å²) in [6, 6.07) is 5.76. The number of hydroxylamine groups is 2. The van der Waals surface area contributed by atoms with Gasteiger partial charge in [-0.15, -0.1) is 0 Å². The smallest absolute Gasteiger partial charge is 0.434 e. The van der Waals surface area contributed by atoms with Crippen LogP contribution in [0.4, 0.5) is 4.79 Å². The minimum Gasteiger partial charge on any atom is -0.434 e. The molecule has 1 saturated heterocycles. The second-order valence-electron chi connectivity index (χ2n) is 7.65. The van der Waals surface area contributed by atoms with Crippen LogP contribution in [0, 0.1) is 0 Å². The molecule has 2 aliphatic heterocycles. The maximum atomic E-state index is 13.0. The molecule has 156 valence electrons. The van der Waals surface area contributed by atoms with E-state index in [0.717, 1.165) is 12.8 Å². The number of benzene rings is 1. The van der Waals surface area contributed by atoms with E-state index >= 15 is 0 Å². The first-order valence-electron chi connectivity index (χ1n) is 9.98. The van der Waals surface area contributed by atoms with Crippen molar-refractivity contribution in [2.45, 2.75) is 44.1 Å². The molecule has 7 nitrogen and oxygen atoms in total. The SMILES string of the molecule is CCOC(=O)OC1=C(c2ccc(C3CC3)cc2Cl)C(=O)NC12CCN(OC)CC2. The highest BCUT2D eigenvalue weighted by atomic mass is 35.5. The van der Waals surface area contributed by atoms with Crippen LogP contribution in [0.25, 0.3) is 5.57 Å². The molecule has 2 fully saturated rings. The fourth-order valence-electron chi connectivity index (χ4n) is 4.11. The van der Waals surface area contributed by atoms with E-state index in [4.69, 9.17) is 25.9 Å². The molecule has 1 aliphatic carbocycles. The van der Waals surface area contributed by atoms with Gasteiger partial charge in [0.2, 0.25) is 0 Å². The van der Waals surface area contributed by atoms with Gasteiger partial charge in [0.25, 0.3) is 5.91 Å². The van der Waals surface area contributed by atoms with Crippen LogP contribution < -0.4 is 5.32 Å². The number of hydrogen-bond acceptors (Lipinski definition) is 6. The first-order chi connectivity index (χ1) is 14.0. The van der Waals surface area contributed by atoms with Crippen molar-refractivity contribution in [3.8, 4) is 0 Å². The zero-order valence-corrected chi connectivity index (χ0v) is 17.4. The van der Waals surface area contributed by atoms with Crippen LogP contribution in [0.3, 0.4) is 0 Å². The van der Waals surface area contributed by atoms with Gasteiger partial charge in [-0.05, 0) is 50.2 Å². The van der Waals surface area contributed by atoms with Crippen molar-refractivity contribution in [1.82, 2.24) is 10.4 Å². The number of amides is 1. The Morgan fingerprint density at radius 3 is 2.62 bits per heavy atom. The third kappa shape index (κ3) is 3.86. The Morgan fingerprint density at radius 2 is 2.03 bits per heavy atom. The van der Waals surface area contributed by atoms with Crippen LogP contribution in [0.15, 0.2) is 24.0 Å². The van der Waals surface area contributed by atoms with E-state index in [1.165, 1.54) is 5.56 Å². The Kier molecular flexibility index (Phi) is 5.55. The summed E-state index contributed by atoms with van der Waals surface area (Å²) in [6.07, 6.45) is 2.59. The highest BCUT2D eigenvalue weighted by Crippen LogP contribution is 2.45. The molecule has 0 unspecified atom stereocenters. The molecular formula is C21H25ClN2O5. The van der Waals surface area contributed by atoms with Crippen molar-refractivity contribution in [3.63, 3.8) is 0 Å². The van der Waals surface area contributed by atoms with E-state index in [0.29, 0.717) is 48.0 Å². The third-order valence-corrected chi connectivity index (χ3v) is 6.15. The average molecular weight is 421 g/mol. The summed E-state index contributed by atoms with van der Waals surface area (Å²) in [4.78, 5) is 30.5. The van der Waals surface area contributed by atoms with Crippen LogP contribution in [0.5, 0.6) is 0 Å². The van der Waals surface area contributed by atoms with E-state index in [-0.39, 0.29) is 18.3 Å². The number of piperidine rings is 1. The van der Waals surface area contributed by atoms with Gasteiger partial charge in [0.1, 0.15) is 5.54 Å². The van der Waals surface area contributed by atoms with E-state index in [1.54, 1.807) is 14.0 Å². The highest BCUT2D eigenvalue weighted by Gasteiger charge is 2.50. The standard InChI is InChI=1S/C21H25ClN2O5/c1-3-28-20(26)29-18-17(15-7-6-14(12-16(15)22)13-4-5-13)19(25)23-21(18)8-10-24(27-2)11-9-21/h6-7,12-13H,3-5,8-11H2,1-2H3,(H,23,25). The summed E-state index contributed by atoms with van der Waals surface area (Å²) in [5.41, 5.74) is 1.26. The normalized spacial score (nSPS) is 21.4. The Balaban J connectivity index is 1.74. The number of carbonyl (C=O) groups is 2. The number of nitrogens with zero attached hydrogens (tertiary/aromatic N) is 1. The topological polar surface area (TPSA) is 77.1 Å². The van der Waals surface area contributed by atoms with Gasteiger partial charge < -0.3 is 19.6 Å². The molecule has 0 aromatic heterocycles. The maximum absolute atomic E-state index is 13.0. The van der Waals surface area contributed by atoms with Crippen molar-refractivity contribution in [2.75, 3.05) is 26.8 Å². The van der Waals surface area contributed by atoms with E-state index < -0.39 is 11.7 Å². The third-order valence-electron chi connectivity index (χ3n) is 5.83. The molecule has 1 aromatic rings. The molecule has 29 heavy (non-hydrogen) atoms. The van der Waals surface area contributed by atoms with Crippen molar-refractivity contribution in [3.05, 3.63) is 40.1 Å². The minimum absolute atomic E-state index is 0.185. The van der Waals surface area contributed by atoms with E-state index in [9.17, 15) is 9.59 Å². The molecule has 1 spiro atoms. The van der Waals surface area contributed by atoms with Gasteiger partial charge in [-0.25, -0.2) is 4.79 Å². The molecule has 1 aromatic carbocycles. The molecule has 1 saturated carbocycles. The van der Waals surface area contributed by atoms with E-state index in [2.05, 4.69) is 5.32 Å². The van der Waals surface area contributed by atoms with Crippen LogP contribution >= 0.6 is 11.6 Å². The van der Waals surface area contributed by atoms with Crippen LogP contribution in [-0.2, 0) is 19.1 Å². The van der Waals surface area contributed by atoms with Crippen LogP contribution in [0.2, 0.25) is 5.02 Å². The first kappa shape index (κ1) is 20.2. The number of rotatable bonds is 5. The lowest BCUT2D eigenvalue weighted by Gasteiger charge is -2.38. The van der Waals surface area contributed by atoms with Gasteiger partial charge in [-0.3, -0.25) is 4.79 Å². The Labute approximate surface area is 174 Å². The number of nitrogens with one attached hydrogen (secondary N) is 1. The van der Waals surface area contributed by atoms with Gasteiger partial charge in [-0.1, -0.05) is 23.7 Å². The zero-order valence-electron chi connectivity index (χ0n) is 16.6. The Morgan fingerprint density at radius 1 is 1.31 bits per heavy atom. The van der Waals surface area contributed by atoms with Crippen molar-refractivity contribution in [1.29, 1.82) is 0 Å². The summed E-state index contributed by atoms with van der Waals surface area (Å²) in [6.45, 7) is 3.07. The second-order valence-corrected chi connectivity index (χ2v) is 8.06. The number of hydrogen-bond donors (Lipinski definition) is 1. The van der Waals surface area contributed by atoms with Gasteiger partial charge in [-0.2, -0.15) is 5.06 Å². The number of halogens is 1. The largest absolute Gasteiger partial charge is 0.513 e. The van der Waals surface area contributed by atoms with Gasteiger partial charge in [0, 0.05) is 23.7 Å². The van der Waals surface area contributed by atoms with Gasteiger partial charge >= 0.3 is 6.16 Å². The van der Waals surface area contributed by atoms with Crippen molar-refractivity contribution >= 4 is 29.2 Å². The molecule has 2 heterocycles. The fraction of sp³-hybridized carbons (Fsp3) is 0.524. The Hall–Kier alpha value is -2.09. The molecule has 1 amide bonds. The molecule has 0 bridgehead atoms. The van der Waals surface area contributed by atoms with E-state index in [1.807, 2.05) is 23.3 Å². The zero-order chi connectivity index (χ0) is 20.6. The second kappa shape index (κ2) is 7.97. The maximum Gasteiger partial charge on any atom is 0.513 e. The van der Waals surface area contributed by atoms with Gasteiger partial charge in [0.15, 0.2) is 5.76 Å². The monoisotopic (exact) mass is 420 g/mol. The number of carbonyl (C=O) groups excluding carboxylic acids is 2. The molecule has 0 atom stereocenters. The lowest BCUT2D eigenvalue weighted by atomic mass is 9.86. The van der Waals surface area contributed by atoms with Crippen LogP contribution in [0.1, 0.15) is 49.7 Å². The number of ether oxygens (including phenoxy) is 2. The lowest BCUT2D eigenvalue weighted by Crippen LogP contribution is -2.53. The lowest BCUT2D eigenvalue weighted by molar-refractivity contribution is -0.152. The predicted molar refractivity (Wildman–Crippen MR) is 107 cm³/mol. The van der Waals surface area contributed by atoms with Crippen molar-refractivity contribution < 1.29 is 23.9 Å². The van der Waals surface area contributed by atoms with Gasteiger partial charge in [0.05, 0.1) is 19.3 Å². The first-order valence-corrected chi connectivity index (χ1v) is 10.4. The fourth-order valence-corrected chi connectivity index (χ4v) is 4.39. The molecular weight excluding hydrogens is 396 g/mol. The molecule has 1 N–H and O–H groups in total. The summed E-state index contributed by atoms with van der Waals surface area (Å²) in [5, 5.41) is 5.35. The average Bonchev–Trinajstić information content (AvgIpc) is 3.51. The Bertz CT molecular complexity index is 857. The highest BCUT2D eigenvalue weighted by molar-refractivity contribution is 6.35. The quantitative estimate of drug-likeness (QED) is 0.733. The summed E-state index contributed by atoms with van der Waals surface area (Å²) >= 11 is 6.57. The molecule has 4 rings (SSSR count). The molecule has 8 heteroatoms. The summed E-state index contributed by atoms with van der Waals surface area (Å²) < 4.78 is 10.6. The minimum atomic E-state index is -0.823. The predicted octanol–water partition coefficient (Wildman–Crippen LogP) is 3.63. The van der Waals surface area contributed by atoms with Crippen LogP contribution in [-0.4, -0.2) is 49.5 Å². The summed E-state index contributed by atoms with van der Waals surface area (Å²) in [5.74, 6) is 0.543. The molecule has 0 radical (unpaired) electrons. The summed E-state index contributed by atoms with van der Waals surface area (Å²) in [7, 11) is 1.61. The molecule has 3 aliphatic rings.